The highest BCUT2D eigenvalue weighted by molar-refractivity contribution is 5.75. The maximum atomic E-state index is 4.81. The van der Waals surface area contributed by atoms with Gasteiger partial charge in [-0.15, -0.1) is 0 Å². The lowest BCUT2D eigenvalue weighted by Crippen LogP contribution is -2.34. The van der Waals surface area contributed by atoms with E-state index in [2.05, 4.69) is 32.7 Å². The first kappa shape index (κ1) is 14.2. The number of benzene rings is 1. The lowest BCUT2D eigenvalue weighted by atomic mass is 10.2. The van der Waals surface area contributed by atoms with E-state index < -0.39 is 0 Å². The van der Waals surface area contributed by atoms with Crippen LogP contribution in [0, 0.1) is 13.8 Å². The first-order valence-electron chi connectivity index (χ1n) is 8.20. The fourth-order valence-corrected chi connectivity index (χ4v) is 3.47. The van der Waals surface area contributed by atoms with Gasteiger partial charge in [0, 0.05) is 12.2 Å². The van der Waals surface area contributed by atoms with Gasteiger partial charge in [0.2, 0.25) is 0 Å². The maximum Gasteiger partial charge on any atom is 0.148 e. The Morgan fingerprint density at radius 1 is 1.17 bits per heavy atom. The second-order valence-electron chi connectivity index (χ2n) is 6.32. The number of aromatic nitrogens is 4. The first-order chi connectivity index (χ1) is 11.2. The molecule has 0 N–H and O–H groups in total. The second-order valence-corrected chi connectivity index (χ2v) is 6.32. The summed E-state index contributed by atoms with van der Waals surface area (Å²) in [7, 11) is 0. The van der Waals surface area contributed by atoms with E-state index in [1.807, 2.05) is 37.4 Å². The van der Waals surface area contributed by atoms with Crippen LogP contribution in [0.5, 0.6) is 0 Å². The maximum absolute atomic E-state index is 4.81. The lowest BCUT2D eigenvalue weighted by Gasteiger charge is -2.26. The van der Waals surface area contributed by atoms with Crippen LogP contribution in [-0.4, -0.2) is 32.3 Å². The van der Waals surface area contributed by atoms with Gasteiger partial charge >= 0.3 is 0 Å². The SMILES string of the molecule is Cc1cc(C)n(CC2CCCN2c2cnc3ccccc3n2)n1. The Balaban J connectivity index is 1.62. The van der Waals surface area contributed by atoms with Gasteiger partial charge in [0.15, 0.2) is 0 Å². The molecule has 5 nitrogen and oxygen atoms in total. The fourth-order valence-electron chi connectivity index (χ4n) is 3.47. The molecule has 1 fully saturated rings. The van der Waals surface area contributed by atoms with Gasteiger partial charge in [-0.3, -0.25) is 9.67 Å². The van der Waals surface area contributed by atoms with Crippen molar-refractivity contribution >= 4 is 16.9 Å². The Labute approximate surface area is 136 Å². The smallest absolute Gasteiger partial charge is 0.148 e. The highest BCUT2D eigenvalue weighted by atomic mass is 15.3. The van der Waals surface area contributed by atoms with Gasteiger partial charge < -0.3 is 4.90 Å². The van der Waals surface area contributed by atoms with Crippen LogP contribution in [0.1, 0.15) is 24.2 Å². The number of rotatable bonds is 3. The molecule has 5 heteroatoms. The zero-order valence-electron chi connectivity index (χ0n) is 13.6. The fraction of sp³-hybridized carbons (Fsp3) is 0.389. The molecule has 0 bridgehead atoms. The Bertz CT molecular complexity index is 838. The van der Waals surface area contributed by atoms with Crippen molar-refractivity contribution in [2.45, 2.75) is 39.3 Å². The monoisotopic (exact) mass is 307 g/mol. The number of hydrogen-bond donors (Lipinski definition) is 0. The van der Waals surface area contributed by atoms with E-state index in [4.69, 9.17) is 4.98 Å². The van der Waals surface area contributed by atoms with Gasteiger partial charge in [-0.2, -0.15) is 5.10 Å². The molecule has 1 aromatic carbocycles. The molecule has 0 aliphatic carbocycles. The summed E-state index contributed by atoms with van der Waals surface area (Å²) in [6.07, 6.45) is 4.27. The second kappa shape index (κ2) is 5.65. The molecular formula is C18H21N5. The van der Waals surface area contributed by atoms with Crippen LogP contribution in [0.3, 0.4) is 0 Å². The Morgan fingerprint density at radius 2 is 2.00 bits per heavy atom. The normalized spacial score (nSPS) is 18.0. The van der Waals surface area contributed by atoms with Crippen molar-refractivity contribution < 1.29 is 0 Å². The Morgan fingerprint density at radius 3 is 2.78 bits per heavy atom. The van der Waals surface area contributed by atoms with Crippen molar-refractivity contribution in [3.05, 3.63) is 47.9 Å². The molecule has 3 aromatic rings. The summed E-state index contributed by atoms with van der Waals surface area (Å²) in [6.45, 7) is 6.12. The zero-order valence-corrected chi connectivity index (χ0v) is 13.6. The van der Waals surface area contributed by atoms with Crippen LogP contribution in [0.15, 0.2) is 36.5 Å². The minimum atomic E-state index is 0.434. The molecule has 1 saturated heterocycles. The lowest BCUT2D eigenvalue weighted by molar-refractivity contribution is 0.496. The van der Waals surface area contributed by atoms with E-state index in [0.29, 0.717) is 6.04 Å². The molecule has 23 heavy (non-hydrogen) atoms. The van der Waals surface area contributed by atoms with E-state index >= 15 is 0 Å². The van der Waals surface area contributed by atoms with Crippen LogP contribution in [-0.2, 0) is 6.54 Å². The van der Waals surface area contributed by atoms with Crippen LogP contribution in [0.2, 0.25) is 0 Å². The average molecular weight is 307 g/mol. The summed E-state index contributed by atoms with van der Waals surface area (Å²) in [6, 6.07) is 10.6. The molecule has 1 aliphatic rings. The number of fused-ring (bicyclic) bond motifs is 1. The van der Waals surface area contributed by atoms with Gasteiger partial charge in [0.05, 0.1) is 35.5 Å². The Kier molecular flexibility index (Phi) is 3.48. The minimum absolute atomic E-state index is 0.434. The molecule has 118 valence electrons. The van der Waals surface area contributed by atoms with Crippen LogP contribution in [0.4, 0.5) is 5.82 Å². The van der Waals surface area contributed by atoms with Gasteiger partial charge in [-0.1, -0.05) is 12.1 Å². The molecular weight excluding hydrogens is 286 g/mol. The number of aryl methyl sites for hydroxylation is 2. The summed E-state index contributed by atoms with van der Waals surface area (Å²) in [4.78, 5) is 11.8. The number of hydrogen-bond acceptors (Lipinski definition) is 4. The van der Waals surface area contributed by atoms with E-state index in [0.717, 1.165) is 35.6 Å². The van der Waals surface area contributed by atoms with Crippen LogP contribution in [0.25, 0.3) is 11.0 Å². The largest absolute Gasteiger partial charge is 0.350 e. The van der Waals surface area contributed by atoms with Crippen molar-refractivity contribution in [3.63, 3.8) is 0 Å². The number of nitrogens with zero attached hydrogens (tertiary/aromatic N) is 5. The van der Waals surface area contributed by atoms with Gasteiger partial charge in [-0.05, 0) is 44.9 Å². The third-order valence-corrected chi connectivity index (χ3v) is 4.59. The van der Waals surface area contributed by atoms with Crippen molar-refractivity contribution in [2.75, 3.05) is 11.4 Å². The predicted octanol–water partition coefficient (Wildman–Crippen LogP) is 3.11. The van der Waals surface area contributed by atoms with Crippen molar-refractivity contribution in [1.29, 1.82) is 0 Å². The molecule has 0 saturated carbocycles. The first-order valence-corrected chi connectivity index (χ1v) is 8.20. The molecule has 0 spiro atoms. The number of para-hydroxylation sites is 2. The molecule has 0 radical (unpaired) electrons. The quantitative estimate of drug-likeness (QED) is 0.746. The topological polar surface area (TPSA) is 46.8 Å². The average Bonchev–Trinajstić information content (AvgIpc) is 3.14. The molecule has 4 rings (SSSR count). The summed E-state index contributed by atoms with van der Waals surface area (Å²) in [5.41, 5.74) is 4.21. The highest BCUT2D eigenvalue weighted by Crippen LogP contribution is 2.26. The van der Waals surface area contributed by atoms with Crippen molar-refractivity contribution in [2.24, 2.45) is 0 Å². The molecule has 3 heterocycles. The van der Waals surface area contributed by atoms with Gasteiger partial charge in [-0.25, -0.2) is 4.98 Å². The van der Waals surface area contributed by atoms with E-state index in [9.17, 15) is 0 Å². The molecule has 1 unspecified atom stereocenters. The third kappa shape index (κ3) is 2.67. The number of anilines is 1. The summed E-state index contributed by atoms with van der Waals surface area (Å²) in [5, 5.41) is 4.61. The summed E-state index contributed by atoms with van der Waals surface area (Å²) < 4.78 is 2.12. The predicted molar refractivity (Wildman–Crippen MR) is 91.6 cm³/mol. The summed E-state index contributed by atoms with van der Waals surface area (Å²) >= 11 is 0. The highest BCUT2D eigenvalue weighted by Gasteiger charge is 2.27. The van der Waals surface area contributed by atoms with E-state index in [1.165, 1.54) is 18.5 Å². The van der Waals surface area contributed by atoms with Crippen LogP contribution >= 0.6 is 0 Å². The molecule has 1 aliphatic heterocycles. The zero-order chi connectivity index (χ0) is 15.8. The third-order valence-electron chi connectivity index (χ3n) is 4.59. The molecule has 2 aromatic heterocycles. The Hall–Kier alpha value is -2.43. The van der Waals surface area contributed by atoms with Crippen LogP contribution < -0.4 is 4.90 Å². The van der Waals surface area contributed by atoms with Crippen molar-refractivity contribution in [1.82, 2.24) is 19.7 Å². The van der Waals surface area contributed by atoms with E-state index in [-0.39, 0.29) is 0 Å². The van der Waals surface area contributed by atoms with Gasteiger partial charge in [0.25, 0.3) is 0 Å². The minimum Gasteiger partial charge on any atom is -0.350 e. The van der Waals surface area contributed by atoms with Crippen molar-refractivity contribution in [3.8, 4) is 0 Å². The van der Waals surface area contributed by atoms with Gasteiger partial charge in [0.1, 0.15) is 5.82 Å². The standard InChI is InChI=1S/C18H21N5/c1-13-10-14(2)23(21-13)12-15-6-5-9-22(15)18-11-19-16-7-3-4-8-17(16)20-18/h3-4,7-8,10-11,15H,5-6,9,12H2,1-2H3. The molecule has 1 atom stereocenters. The molecule has 0 amide bonds. The summed E-state index contributed by atoms with van der Waals surface area (Å²) in [5.74, 6) is 0.979. The van der Waals surface area contributed by atoms with E-state index in [1.54, 1.807) is 0 Å².